The van der Waals surface area contributed by atoms with Crippen LogP contribution < -0.4 is 0 Å². The highest BCUT2D eigenvalue weighted by Gasteiger charge is 2.73. The molecule has 0 heterocycles. The number of hydrogen-bond donors (Lipinski definition) is 5. The maximum Gasteiger partial charge on any atom is 0.312 e. The van der Waals surface area contributed by atoms with E-state index < -0.39 is 51.4 Å². The van der Waals surface area contributed by atoms with Gasteiger partial charge in [-0.15, -0.1) is 0 Å². The molecule has 0 amide bonds. The molecule has 0 aromatic rings. The average molecular weight is 519 g/mol. The molecule has 37 heavy (non-hydrogen) atoms. The van der Waals surface area contributed by atoms with Crippen LogP contribution in [0, 0.1) is 56.7 Å². The molecule has 0 spiro atoms. The Morgan fingerprint density at radius 3 is 2.08 bits per heavy atom. The topological polar surface area (TPSA) is 135 Å². The first-order valence-electron chi connectivity index (χ1n) is 14.2. The second kappa shape index (κ2) is 7.82. The summed E-state index contributed by atoms with van der Waals surface area (Å²) in [5, 5.41) is 55.8. The molecule has 0 aliphatic heterocycles. The summed E-state index contributed by atoms with van der Waals surface area (Å²) in [4.78, 5) is 26.0. The van der Waals surface area contributed by atoms with Crippen molar-refractivity contribution in [3.05, 3.63) is 11.3 Å². The van der Waals surface area contributed by atoms with Gasteiger partial charge in [0.15, 0.2) is 5.78 Å². The fourth-order valence-electron chi connectivity index (χ4n) is 10.9. The standard InChI is InChI=1S/C30H46O7/c1-14-15(2)20(32)24(35)27(4)12-13-28(5)19(18(14)27)21(33)22(34)23-26(3)10-9-17(31)30(7,25(36)37)16(26)8-11-29(23,28)6/h14-18,20,22-23,31-34H,8-13H2,1-7H3,(H,36,37)/t14-,15-,16+,17-,18-,20+,22+,23+,26-,27+,28+,29+,30+/m0/s1. The molecule has 0 radical (unpaired) electrons. The summed E-state index contributed by atoms with van der Waals surface area (Å²) in [5.74, 6) is -2.56. The summed E-state index contributed by atoms with van der Waals surface area (Å²) < 4.78 is 0. The maximum atomic E-state index is 13.5. The Hall–Kier alpha value is -1.44. The van der Waals surface area contributed by atoms with Crippen LogP contribution in [0.5, 0.6) is 0 Å². The molecule has 4 fully saturated rings. The molecule has 208 valence electrons. The van der Waals surface area contributed by atoms with Crippen LogP contribution in [-0.4, -0.2) is 55.6 Å². The molecular weight excluding hydrogens is 472 g/mol. The number of carbonyl (C=O) groups excluding carboxylic acids is 1. The van der Waals surface area contributed by atoms with Gasteiger partial charge in [0.25, 0.3) is 0 Å². The summed E-state index contributed by atoms with van der Waals surface area (Å²) in [6.07, 6.45) is 0.286. The number of carboxylic acids is 1. The monoisotopic (exact) mass is 518 g/mol. The number of hydrogen-bond acceptors (Lipinski definition) is 6. The van der Waals surface area contributed by atoms with Crippen molar-refractivity contribution in [1.82, 2.24) is 0 Å². The summed E-state index contributed by atoms with van der Waals surface area (Å²) in [6, 6.07) is 0. The largest absolute Gasteiger partial charge is 0.510 e. The lowest BCUT2D eigenvalue weighted by Crippen LogP contribution is -2.70. The van der Waals surface area contributed by atoms with Crippen LogP contribution >= 0.6 is 0 Å². The number of ketones is 1. The Morgan fingerprint density at radius 1 is 0.865 bits per heavy atom. The van der Waals surface area contributed by atoms with Crippen molar-refractivity contribution in [3.63, 3.8) is 0 Å². The van der Waals surface area contributed by atoms with Gasteiger partial charge in [-0.3, -0.25) is 9.59 Å². The highest BCUT2D eigenvalue weighted by molar-refractivity contribution is 5.90. The molecule has 5 aliphatic carbocycles. The number of allylic oxidation sites excluding steroid dienone is 1. The summed E-state index contributed by atoms with van der Waals surface area (Å²) in [5.41, 5.74) is -2.88. The lowest BCUT2D eigenvalue weighted by molar-refractivity contribution is -0.239. The van der Waals surface area contributed by atoms with Crippen LogP contribution in [0.15, 0.2) is 11.3 Å². The molecule has 7 nitrogen and oxygen atoms in total. The molecule has 4 saturated carbocycles. The van der Waals surface area contributed by atoms with Gasteiger partial charge < -0.3 is 25.5 Å². The smallest absolute Gasteiger partial charge is 0.312 e. The van der Waals surface area contributed by atoms with Gasteiger partial charge >= 0.3 is 5.97 Å². The van der Waals surface area contributed by atoms with Crippen LogP contribution in [0.2, 0.25) is 0 Å². The van der Waals surface area contributed by atoms with E-state index in [1.807, 2.05) is 13.8 Å². The quantitative estimate of drug-likeness (QED) is 0.353. The van der Waals surface area contributed by atoms with Crippen molar-refractivity contribution in [2.45, 2.75) is 105 Å². The van der Waals surface area contributed by atoms with Gasteiger partial charge in [0, 0.05) is 11.3 Å². The lowest BCUT2D eigenvalue weighted by Gasteiger charge is -2.71. The minimum absolute atomic E-state index is 0.0471. The number of aliphatic carboxylic acids is 1. The third-order valence-corrected chi connectivity index (χ3v) is 13.5. The van der Waals surface area contributed by atoms with Gasteiger partial charge in [-0.2, -0.15) is 0 Å². The first-order valence-corrected chi connectivity index (χ1v) is 14.2. The van der Waals surface area contributed by atoms with Gasteiger partial charge in [0.05, 0.1) is 11.5 Å². The SMILES string of the molecule is C[C@H]1[C@H](C)[C@@H](O)C(=O)[C@]2(C)CC[C@]3(C)C(=C(O)[C@@H](O)[C@@H]4[C@@]5(C)CC[C@H](O)[C@](C)(C(=O)O)[C@@H]5CC[C@]43C)[C@H]12. The summed E-state index contributed by atoms with van der Waals surface area (Å²) >= 11 is 0. The number of carbonyl (C=O) groups is 2. The van der Waals surface area contributed by atoms with Crippen molar-refractivity contribution in [1.29, 1.82) is 0 Å². The van der Waals surface area contributed by atoms with E-state index in [1.54, 1.807) is 6.92 Å². The van der Waals surface area contributed by atoms with E-state index in [-0.39, 0.29) is 41.1 Å². The fraction of sp³-hybridized carbons (Fsp3) is 0.867. The zero-order valence-electron chi connectivity index (χ0n) is 23.4. The second-order valence-corrected chi connectivity index (χ2v) is 14.6. The van der Waals surface area contributed by atoms with Gasteiger partial charge in [-0.1, -0.05) is 41.5 Å². The Balaban J connectivity index is 1.70. The van der Waals surface area contributed by atoms with Crippen LogP contribution in [-0.2, 0) is 9.59 Å². The number of carboxylic acid groups (broad SMARTS) is 1. The molecule has 13 atom stereocenters. The van der Waals surface area contributed by atoms with Crippen molar-refractivity contribution >= 4 is 11.8 Å². The zero-order valence-corrected chi connectivity index (χ0v) is 23.4. The molecule has 0 aromatic heterocycles. The third-order valence-electron chi connectivity index (χ3n) is 13.5. The van der Waals surface area contributed by atoms with Gasteiger partial charge in [-0.25, -0.2) is 0 Å². The van der Waals surface area contributed by atoms with Gasteiger partial charge in [-0.05, 0) is 90.9 Å². The van der Waals surface area contributed by atoms with Gasteiger partial charge in [0.2, 0.25) is 0 Å². The first-order chi connectivity index (χ1) is 16.9. The molecule has 7 heteroatoms. The molecule has 0 bridgehead atoms. The van der Waals surface area contributed by atoms with E-state index in [9.17, 15) is 35.1 Å². The van der Waals surface area contributed by atoms with Crippen molar-refractivity contribution in [2.75, 3.05) is 0 Å². The Labute approximate surface area is 220 Å². The molecule has 5 N–H and O–H groups in total. The third kappa shape index (κ3) is 2.89. The molecule has 5 aliphatic rings. The number of rotatable bonds is 1. The molecular formula is C30H46O7. The number of Topliss-reactive ketones (excluding diaryl/α,β-unsaturated/α-hetero) is 1. The van der Waals surface area contributed by atoms with Crippen LogP contribution in [0.4, 0.5) is 0 Å². The lowest BCUT2D eigenvalue weighted by atomic mass is 9.32. The normalized spacial score (nSPS) is 57.6. The van der Waals surface area contributed by atoms with Crippen LogP contribution in [0.25, 0.3) is 0 Å². The second-order valence-electron chi connectivity index (χ2n) is 14.6. The minimum atomic E-state index is -1.32. The highest BCUT2D eigenvalue weighted by Crippen LogP contribution is 2.76. The van der Waals surface area contributed by atoms with Crippen molar-refractivity contribution < 1.29 is 35.1 Å². The van der Waals surface area contributed by atoms with E-state index in [1.165, 1.54) is 0 Å². The maximum absolute atomic E-state index is 13.5. The molecule has 5 rings (SSSR count). The molecule has 0 saturated heterocycles. The fourth-order valence-corrected chi connectivity index (χ4v) is 10.9. The first kappa shape index (κ1) is 27.1. The van der Waals surface area contributed by atoms with Crippen molar-refractivity contribution in [2.24, 2.45) is 56.7 Å². The predicted molar refractivity (Wildman–Crippen MR) is 137 cm³/mol. The zero-order chi connectivity index (χ0) is 27.7. The van der Waals surface area contributed by atoms with E-state index in [0.29, 0.717) is 38.5 Å². The van der Waals surface area contributed by atoms with E-state index >= 15 is 0 Å². The van der Waals surface area contributed by atoms with Crippen LogP contribution in [0.3, 0.4) is 0 Å². The molecule has 0 aromatic carbocycles. The van der Waals surface area contributed by atoms with Crippen molar-refractivity contribution in [3.8, 4) is 0 Å². The number of aliphatic hydroxyl groups is 4. The van der Waals surface area contributed by atoms with Gasteiger partial charge in [0.1, 0.15) is 18.0 Å². The van der Waals surface area contributed by atoms with E-state index in [4.69, 9.17) is 0 Å². The summed E-state index contributed by atoms with van der Waals surface area (Å²) in [7, 11) is 0. The Kier molecular flexibility index (Phi) is 5.73. The highest BCUT2D eigenvalue weighted by atomic mass is 16.4. The van der Waals surface area contributed by atoms with E-state index in [2.05, 4.69) is 27.7 Å². The van der Waals surface area contributed by atoms with E-state index in [0.717, 1.165) is 5.57 Å². The Bertz CT molecular complexity index is 1070. The Morgan fingerprint density at radius 2 is 1.49 bits per heavy atom. The number of aliphatic hydroxyl groups excluding tert-OH is 4. The molecule has 0 unspecified atom stereocenters. The average Bonchev–Trinajstić information content (AvgIpc) is 2.83. The summed E-state index contributed by atoms with van der Waals surface area (Å²) in [6.45, 7) is 14.0. The predicted octanol–water partition coefficient (Wildman–Crippen LogP) is 4.10. The number of fused-ring (bicyclic) bond motifs is 7. The van der Waals surface area contributed by atoms with Crippen LogP contribution in [0.1, 0.15) is 87.0 Å². The minimum Gasteiger partial charge on any atom is -0.510 e.